The van der Waals surface area contributed by atoms with Crippen molar-refractivity contribution in [2.24, 2.45) is 0 Å². The number of ether oxygens (including phenoxy) is 2. The topological polar surface area (TPSA) is 219 Å². The van der Waals surface area contributed by atoms with E-state index in [0.29, 0.717) is 11.1 Å². The molecule has 1 aliphatic rings. The molecule has 2 heterocycles. The second-order valence-corrected chi connectivity index (χ2v) is 10.2. The highest BCUT2D eigenvalue weighted by Gasteiger charge is 2.59. The van der Waals surface area contributed by atoms with Crippen LogP contribution in [-0.4, -0.2) is 85.5 Å². The van der Waals surface area contributed by atoms with Crippen molar-refractivity contribution in [3.8, 4) is 34.3 Å². The molecule has 3 aromatic carbocycles. The van der Waals surface area contributed by atoms with Gasteiger partial charge in [-0.1, -0.05) is 42.5 Å². The molecule has 5 atom stereocenters. The number of nitrogens with one attached hydrogen (secondary N) is 1. The molecule has 0 radical (unpaired) electrons. The summed E-state index contributed by atoms with van der Waals surface area (Å²) in [5, 5.41) is 74.8. The molecule has 5 rings (SSSR count). The number of aromatic hydroxyl groups is 3. The molecule has 13 heteroatoms. The van der Waals surface area contributed by atoms with Gasteiger partial charge in [0.15, 0.2) is 16.9 Å². The molecule has 0 bridgehead atoms. The first-order valence-electron chi connectivity index (χ1n) is 13.3. The number of aliphatic carboxylic acids is 1. The number of carboxylic acid groups (broad SMARTS) is 1. The largest absolute Gasteiger partial charge is 0.508 e. The minimum absolute atomic E-state index is 0.0256. The van der Waals surface area contributed by atoms with Crippen molar-refractivity contribution < 1.29 is 54.4 Å². The van der Waals surface area contributed by atoms with Gasteiger partial charge >= 0.3 is 5.97 Å². The highest BCUT2D eigenvalue weighted by molar-refractivity contribution is 5.90. The predicted octanol–water partition coefficient (Wildman–Crippen LogP) is 1.61. The third-order valence-electron chi connectivity index (χ3n) is 7.29. The first kappa shape index (κ1) is 30.5. The highest BCUT2D eigenvalue weighted by Crippen LogP contribution is 2.43. The van der Waals surface area contributed by atoms with Gasteiger partial charge in [-0.25, -0.2) is 4.79 Å². The van der Waals surface area contributed by atoms with Gasteiger partial charge in [-0.15, -0.1) is 0 Å². The molecular formula is C31H29NO12. The van der Waals surface area contributed by atoms with E-state index in [4.69, 9.17) is 13.9 Å². The van der Waals surface area contributed by atoms with Gasteiger partial charge in [0.2, 0.25) is 17.6 Å². The number of phenolic OH excluding ortho intramolecular Hbond substituents is 3. The lowest BCUT2D eigenvalue weighted by molar-refractivity contribution is -0.305. The molecule has 4 aromatic rings. The van der Waals surface area contributed by atoms with Crippen LogP contribution in [0.4, 0.5) is 0 Å². The van der Waals surface area contributed by atoms with Gasteiger partial charge in [0, 0.05) is 24.2 Å². The molecule has 1 saturated heterocycles. The number of aliphatic hydroxyl groups is 3. The fraction of sp³-hybridized carbons (Fsp3) is 0.226. The van der Waals surface area contributed by atoms with Gasteiger partial charge < -0.3 is 55.0 Å². The van der Waals surface area contributed by atoms with Gasteiger partial charge in [-0.3, -0.25) is 4.79 Å². The summed E-state index contributed by atoms with van der Waals surface area (Å²) in [4.78, 5) is 25.2. The predicted molar refractivity (Wildman–Crippen MR) is 156 cm³/mol. The van der Waals surface area contributed by atoms with Crippen LogP contribution in [0, 0.1) is 0 Å². The fourth-order valence-corrected chi connectivity index (χ4v) is 5.00. The summed E-state index contributed by atoms with van der Waals surface area (Å²) >= 11 is 0. The lowest BCUT2D eigenvalue weighted by Gasteiger charge is -2.45. The maximum absolute atomic E-state index is 13.1. The monoisotopic (exact) mass is 607 g/mol. The number of carbonyl (C=O) groups is 1. The van der Waals surface area contributed by atoms with Crippen LogP contribution in [0.25, 0.3) is 34.4 Å². The normalized spacial score (nSPS) is 23.6. The highest BCUT2D eigenvalue weighted by atomic mass is 16.7. The van der Waals surface area contributed by atoms with Crippen molar-refractivity contribution in [1.82, 2.24) is 5.32 Å². The van der Waals surface area contributed by atoms with Crippen LogP contribution < -0.4 is 15.5 Å². The molecule has 44 heavy (non-hydrogen) atoms. The van der Waals surface area contributed by atoms with Crippen molar-refractivity contribution in [2.45, 2.75) is 30.2 Å². The standard InChI is InChI=1S/C31H29NO12/c1-32-14-31(30(40)41)28(39)26(37)27(38)29(44-31)43-22-13-21-23(25(36)24(22)35)19(34)12-20(42-21)18-10-9-17(33)11-16(18)8-7-15-5-3-2-4-6-15/h2-13,26-29,32-33,35-39H,14H2,1H3,(H,40,41)/b8-7+/t26-,27-,28+,29-,31+/m1/s1. The summed E-state index contributed by atoms with van der Waals surface area (Å²) in [6, 6.07) is 15.8. The Bertz CT molecular complexity index is 1790. The Balaban J connectivity index is 1.57. The molecule has 13 nitrogen and oxygen atoms in total. The molecular weight excluding hydrogens is 578 g/mol. The van der Waals surface area contributed by atoms with E-state index in [1.807, 2.05) is 30.3 Å². The summed E-state index contributed by atoms with van der Waals surface area (Å²) in [6.45, 7) is -0.506. The van der Waals surface area contributed by atoms with Crippen molar-refractivity contribution in [1.29, 1.82) is 0 Å². The van der Waals surface area contributed by atoms with E-state index in [1.54, 1.807) is 12.2 Å². The molecule has 0 amide bonds. The molecule has 230 valence electrons. The van der Waals surface area contributed by atoms with E-state index < -0.39 is 70.8 Å². The first-order valence-corrected chi connectivity index (χ1v) is 13.3. The number of fused-ring (bicyclic) bond motifs is 1. The number of phenols is 3. The lowest BCUT2D eigenvalue weighted by Crippen LogP contribution is -2.71. The van der Waals surface area contributed by atoms with Gasteiger partial charge in [-0.05, 0) is 36.4 Å². The van der Waals surface area contributed by atoms with E-state index in [1.165, 1.54) is 25.2 Å². The Morgan fingerprint density at radius 2 is 1.70 bits per heavy atom. The van der Waals surface area contributed by atoms with E-state index in [2.05, 4.69) is 5.32 Å². The number of hydrogen-bond acceptors (Lipinski definition) is 12. The Kier molecular flexibility index (Phi) is 8.32. The van der Waals surface area contributed by atoms with Crippen molar-refractivity contribution in [3.63, 3.8) is 0 Å². The second kappa shape index (κ2) is 12.0. The van der Waals surface area contributed by atoms with Crippen LogP contribution >= 0.6 is 0 Å². The zero-order chi connectivity index (χ0) is 31.8. The van der Waals surface area contributed by atoms with Crippen LogP contribution in [0.1, 0.15) is 11.1 Å². The first-order chi connectivity index (χ1) is 21.0. The number of benzene rings is 3. The molecule has 0 aliphatic carbocycles. The maximum atomic E-state index is 13.1. The molecule has 0 unspecified atom stereocenters. The zero-order valence-corrected chi connectivity index (χ0v) is 23.1. The van der Waals surface area contributed by atoms with Crippen molar-refractivity contribution >= 4 is 29.1 Å². The van der Waals surface area contributed by atoms with E-state index in [0.717, 1.165) is 17.7 Å². The summed E-state index contributed by atoms with van der Waals surface area (Å²) < 4.78 is 16.9. The van der Waals surface area contributed by atoms with Crippen LogP contribution in [0.2, 0.25) is 0 Å². The Morgan fingerprint density at radius 1 is 0.977 bits per heavy atom. The maximum Gasteiger partial charge on any atom is 0.340 e. The number of aliphatic hydroxyl groups excluding tert-OH is 3. The van der Waals surface area contributed by atoms with Crippen molar-refractivity contribution in [2.75, 3.05) is 13.6 Å². The Morgan fingerprint density at radius 3 is 2.39 bits per heavy atom. The number of carboxylic acids is 1. The summed E-state index contributed by atoms with van der Waals surface area (Å²) in [7, 11) is 1.37. The third-order valence-corrected chi connectivity index (χ3v) is 7.29. The van der Waals surface area contributed by atoms with Crippen LogP contribution in [-0.2, 0) is 9.53 Å². The summed E-state index contributed by atoms with van der Waals surface area (Å²) in [5.41, 5.74) is -1.72. The Labute approximate surface area is 249 Å². The number of likely N-dealkylation sites (N-methyl/N-ethyl adjacent to an activating group) is 1. The van der Waals surface area contributed by atoms with E-state index >= 15 is 0 Å². The van der Waals surface area contributed by atoms with Crippen LogP contribution in [0.5, 0.6) is 23.0 Å². The van der Waals surface area contributed by atoms with E-state index in [9.17, 15) is 45.3 Å². The SMILES string of the molecule is CNC[C@]1(C(=O)O)O[C@@H](Oc2cc3oc(-c4ccc(O)cc4/C=C/c4ccccc4)cc(=O)c3c(O)c2O)[C@H](O)[C@@H](O)[C@@H]1O. The van der Waals surface area contributed by atoms with Gasteiger partial charge in [-0.2, -0.15) is 0 Å². The summed E-state index contributed by atoms with van der Waals surface area (Å²) in [6.07, 6.45) is -4.59. The van der Waals surface area contributed by atoms with E-state index in [-0.39, 0.29) is 17.1 Å². The van der Waals surface area contributed by atoms with Crippen LogP contribution in [0.3, 0.4) is 0 Å². The molecule has 0 saturated carbocycles. The quantitative estimate of drug-likeness (QED) is 0.106. The second-order valence-electron chi connectivity index (χ2n) is 10.2. The molecule has 1 fully saturated rings. The zero-order valence-electron chi connectivity index (χ0n) is 23.1. The molecule has 8 N–H and O–H groups in total. The Hall–Kier alpha value is -4.92. The third kappa shape index (κ3) is 5.45. The summed E-state index contributed by atoms with van der Waals surface area (Å²) in [5.74, 6) is -4.18. The smallest absolute Gasteiger partial charge is 0.340 e. The minimum Gasteiger partial charge on any atom is -0.508 e. The molecule has 1 aromatic heterocycles. The van der Waals surface area contributed by atoms with Gasteiger partial charge in [0.25, 0.3) is 0 Å². The van der Waals surface area contributed by atoms with Crippen molar-refractivity contribution in [3.05, 3.63) is 82.0 Å². The lowest BCUT2D eigenvalue weighted by atomic mass is 9.86. The molecule has 0 spiro atoms. The molecule has 1 aliphatic heterocycles. The number of hydrogen-bond donors (Lipinski definition) is 8. The number of rotatable bonds is 8. The minimum atomic E-state index is -2.46. The van der Waals surface area contributed by atoms with Gasteiger partial charge in [0.05, 0.1) is 0 Å². The van der Waals surface area contributed by atoms with Crippen LogP contribution in [0.15, 0.2) is 69.9 Å². The van der Waals surface area contributed by atoms with Gasteiger partial charge in [0.1, 0.15) is 40.8 Å². The average molecular weight is 608 g/mol. The fourth-order valence-electron chi connectivity index (χ4n) is 5.00. The average Bonchev–Trinajstić information content (AvgIpc) is 3.00.